The van der Waals surface area contributed by atoms with Crippen LogP contribution in [0.15, 0.2) is 35.1 Å². The summed E-state index contributed by atoms with van der Waals surface area (Å²) in [5.74, 6) is -1.23. The fourth-order valence-corrected chi connectivity index (χ4v) is 5.43. The molecule has 0 aliphatic carbocycles. The van der Waals surface area contributed by atoms with Gasteiger partial charge in [-0.25, -0.2) is 14.2 Å². The second-order valence-electron chi connectivity index (χ2n) is 10.3. The average Bonchev–Trinajstić information content (AvgIpc) is 3.13. The minimum absolute atomic E-state index is 0.0354. The van der Waals surface area contributed by atoms with Crippen LogP contribution >= 0.6 is 27.5 Å². The maximum absolute atomic E-state index is 15.7. The summed E-state index contributed by atoms with van der Waals surface area (Å²) in [4.78, 5) is 32.2. The van der Waals surface area contributed by atoms with E-state index in [9.17, 15) is 19.8 Å². The zero-order chi connectivity index (χ0) is 27.4. The fourth-order valence-electron chi connectivity index (χ4n) is 4.71. The maximum atomic E-state index is 15.7. The Labute approximate surface area is 226 Å². The first-order valence-electron chi connectivity index (χ1n) is 11.5. The van der Waals surface area contributed by atoms with E-state index in [1.165, 1.54) is 16.1 Å². The van der Waals surface area contributed by atoms with Crippen molar-refractivity contribution in [2.45, 2.75) is 44.9 Å². The molecule has 2 amide bonds. The predicted octanol–water partition coefficient (Wildman–Crippen LogP) is 5.23. The van der Waals surface area contributed by atoms with Gasteiger partial charge in [0.15, 0.2) is 5.82 Å². The number of nitrogens with zero attached hydrogens (tertiary/aromatic N) is 4. The minimum Gasteiger partial charge on any atom is -0.465 e. The number of carbonyl (C=O) groups is 2. The third kappa shape index (κ3) is 4.87. The molecule has 1 aromatic heterocycles. The van der Waals surface area contributed by atoms with E-state index in [-0.39, 0.29) is 29.9 Å². The Morgan fingerprint density at radius 2 is 1.95 bits per heavy atom. The van der Waals surface area contributed by atoms with Gasteiger partial charge in [0.05, 0.1) is 52.9 Å². The second-order valence-corrected chi connectivity index (χ2v) is 11.7. The molecular formula is C25H28BrClFN5O4. The lowest BCUT2D eigenvalue weighted by Gasteiger charge is -2.54. The van der Waals surface area contributed by atoms with Crippen LogP contribution in [0, 0.1) is 5.82 Å². The zero-order valence-corrected chi connectivity index (χ0v) is 23.4. The van der Waals surface area contributed by atoms with Gasteiger partial charge >= 0.3 is 6.09 Å². The molecule has 1 aliphatic heterocycles. The lowest BCUT2D eigenvalue weighted by molar-refractivity contribution is -0.133. The number of rotatable bonds is 5. The molecule has 198 valence electrons. The molecule has 1 saturated heterocycles. The van der Waals surface area contributed by atoms with E-state index >= 15 is 4.39 Å². The second kappa shape index (κ2) is 9.45. The molecule has 0 saturated carbocycles. The molecule has 4 rings (SSSR count). The molecule has 2 aromatic carbocycles. The number of imidazole rings is 1. The Hall–Kier alpha value is -2.89. The third-order valence-corrected chi connectivity index (χ3v) is 7.50. The van der Waals surface area contributed by atoms with Crippen LogP contribution in [-0.4, -0.2) is 71.8 Å². The number of aryl methyl sites for hydroxylation is 1. The molecule has 2 heterocycles. The number of aromatic nitrogens is 2. The van der Waals surface area contributed by atoms with Crippen LogP contribution in [0.2, 0.25) is 5.02 Å². The summed E-state index contributed by atoms with van der Waals surface area (Å²) < 4.78 is 18.0. The number of carboxylic acid groups (broad SMARTS) is 1. The van der Waals surface area contributed by atoms with Gasteiger partial charge in [0.25, 0.3) is 5.91 Å². The van der Waals surface area contributed by atoms with E-state index in [2.05, 4.69) is 26.2 Å². The summed E-state index contributed by atoms with van der Waals surface area (Å²) in [7, 11) is 1.69. The number of aliphatic hydroxyl groups is 1. The summed E-state index contributed by atoms with van der Waals surface area (Å²) in [6.45, 7) is 6.59. The van der Waals surface area contributed by atoms with Gasteiger partial charge in [0.2, 0.25) is 0 Å². The van der Waals surface area contributed by atoms with E-state index in [1.807, 2.05) is 0 Å². The molecule has 37 heavy (non-hydrogen) atoms. The number of anilines is 2. The number of amides is 2. The number of nitrogens with one attached hydrogen (secondary N) is 1. The number of fused-ring (bicyclic) bond motifs is 1. The Morgan fingerprint density at radius 3 is 2.51 bits per heavy atom. The summed E-state index contributed by atoms with van der Waals surface area (Å²) >= 11 is 9.67. The lowest BCUT2D eigenvalue weighted by Crippen LogP contribution is -2.73. The van der Waals surface area contributed by atoms with Gasteiger partial charge in [-0.05, 0) is 52.0 Å². The van der Waals surface area contributed by atoms with Crippen LogP contribution in [0.4, 0.5) is 20.6 Å². The van der Waals surface area contributed by atoms with E-state index < -0.39 is 35.0 Å². The van der Waals surface area contributed by atoms with Crippen LogP contribution in [-0.2, 0) is 7.05 Å². The Balaban J connectivity index is 1.69. The number of hydrogen-bond donors (Lipinski definition) is 3. The van der Waals surface area contributed by atoms with Gasteiger partial charge in [0.1, 0.15) is 11.1 Å². The first-order chi connectivity index (χ1) is 17.1. The van der Waals surface area contributed by atoms with Crippen LogP contribution in [0.3, 0.4) is 0 Å². The van der Waals surface area contributed by atoms with Gasteiger partial charge in [-0.15, -0.1) is 0 Å². The van der Waals surface area contributed by atoms with E-state index in [0.29, 0.717) is 16.2 Å². The Bertz CT molecular complexity index is 1400. The molecular weight excluding hydrogens is 569 g/mol. The van der Waals surface area contributed by atoms with Crippen molar-refractivity contribution in [2.24, 2.45) is 7.05 Å². The average molecular weight is 597 g/mol. The van der Waals surface area contributed by atoms with Crippen molar-refractivity contribution in [3.63, 3.8) is 0 Å². The number of likely N-dealkylation sites (tertiary alicyclic amines) is 1. The van der Waals surface area contributed by atoms with Crippen LogP contribution in [0.25, 0.3) is 11.0 Å². The largest absolute Gasteiger partial charge is 0.465 e. The molecule has 0 spiro atoms. The van der Waals surface area contributed by atoms with Crippen LogP contribution in [0.5, 0.6) is 0 Å². The van der Waals surface area contributed by atoms with Crippen molar-refractivity contribution in [3.8, 4) is 0 Å². The smallest absolute Gasteiger partial charge is 0.408 e. The number of carbonyl (C=O) groups excluding carboxylic acids is 1. The highest BCUT2D eigenvalue weighted by atomic mass is 79.9. The van der Waals surface area contributed by atoms with Crippen molar-refractivity contribution >= 4 is 61.9 Å². The lowest BCUT2D eigenvalue weighted by atomic mass is 9.83. The minimum atomic E-state index is -1.46. The monoisotopic (exact) mass is 595 g/mol. The Morgan fingerprint density at radius 1 is 1.30 bits per heavy atom. The first kappa shape index (κ1) is 27.2. The summed E-state index contributed by atoms with van der Waals surface area (Å²) in [5.41, 5.74) is -1.38. The molecule has 9 nitrogen and oxygen atoms in total. The SMILES string of the molecule is C[C@H](N(C(=O)O)C(C)(C)C)C1(O)CN(C(=O)c2cc3c(ncn3C)c(F)c2Nc2ccc(Br)cc2Cl)C1. The molecule has 1 fully saturated rings. The van der Waals surface area contributed by atoms with Gasteiger partial charge in [-0.1, -0.05) is 27.5 Å². The molecule has 0 unspecified atom stereocenters. The normalized spacial score (nSPS) is 15.9. The van der Waals surface area contributed by atoms with Crippen molar-refractivity contribution in [3.05, 3.63) is 51.5 Å². The third-order valence-electron chi connectivity index (χ3n) is 6.69. The molecule has 12 heteroatoms. The molecule has 1 aliphatic rings. The molecule has 1 atom stereocenters. The Kier molecular flexibility index (Phi) is 6.93. The van der Waals surface area contributed by atoms with E-state index in [4.69, 9.17) is 11.6 Å². The zero-order valence-electron chi connectivity index (χ0n) is 21.0. The van der Waals surface area contributed by atoms with Gasteiger partial charge in [-0.2, -0.15) is 0 Å². The van der Waals surface area contributed by atoms with Crippen LogP contribution in [0.1, 0.15) is 38.1 Å². The van der Waals surface area contributed by atoms with Crippen molar-refractivity contribution in [1.82, 2.24) is 19.4 Å². The number of benzene rings is 2. The van der Waals surface area contributed by atoms with Gasteiger partial charge in [-0.3, -0.25) is 9.69 Å². The van der Waals surface area contributed by atoms with Crippen molar-refractivity contribution in [1.29, 1.82) is 0 Å². The number of hydrogen-bond acceptors (Lipinski definition) is 5. The molecule has 0 bridgehead atoms. The van der Waals surface area contributed by atoms with Gasteiger partial charge in [0, 0.05) is 17.1 Å². The topological polar surface area (TPSA) is 111 Å². The summed E-state index contributed by atoms with van der Waals surface area (Å²) in [5, 5.41) is 24.2. The van der Waals surface area contributed by atoms with Crippen molar-refractivity contribution in [2.75, 3.05) is 18.4 Å². The van der Waals surface area contributed by atoms with E-state index in [0.717, 1.165) is 4.47 Å². The first-order valence-corrected chi connectivity index (χ1v) is 12.7. The summed E-state index contributed by atoms with van der Waals surface area (Å²) in [6.07, 6.45) is 0.287. The highest BCUT2D eigenvalue weighted by molar-refractivity contribution is 9.10. The highest BCUT2D eigenvalue weighted by Crippen LogP contribution is 2.37. The number of β-amino-alcohol motifs (C(OH)–C–C–N with tert-alkyl or cyclic N) is 1. The summed E-state index contributed by atoms with van der Waals surface area (Å²) in [6, 6.07) is 5.78. The van der Waals surface area contributed by atoms with Crippen molar-refractivity contribution < 1.29 is 24.2 Å². The standard InChI is InChI=1S/C25H28BrClFN5O4/c1-13(33(23(35)36)24(2,3)4)25(37)10-32(11-25)22(34)15-9-18-21(29-12-31(18)5)19(28)20(15)30-17-7-6-14(26)8-16(17)27/h6-9,12-13,30,37H,10-11H2,1-5H3,(H,35,36)/t13-/m0/s1. The maximum Gasteiger partial charge on any atom is 0.408 e. The quantitative estimate of drug-likeness (QED) is 0.372. The molecule has 0 radical (unpaired) electrons. The van der Waals surface area contributed by atoms with E-state index in [1.54, 1.807) is 63.6 Å². The molecule has 3 aromatic rings. The molecule has 3 N–H and O–H groups in total. The predicted molar refractivity (Wildman–Crippen MR) is 143 cm³/mol. The fraction of sp³-hybridized carbons (Fsp3) is 0.400. The van der Waals surface area contributed by atoms with Crippen LogP contribution < -0.4 is 5.32 Å². The highest BCUT2D eigenvalue weighted by Gasteiger charge is 2.52. The number of halogens is 3. The van der Waals surface area contributed by atoms with Gasteiger partial charge < -0.3 is 25.0 Å².